The van der Waals surface area contributed by atoms with Gasteiger partial charge in [0, 0.05) is 43.7 Å². The lowest BCUT2D eigenvalue weighted by atomic mass is 10.3. The Balaban J connectivity index is 1.59. The molecule has 146 valence electrons. The number of anilines is 1. The Kier molecular flexibility index (Phi) is 5.61. The lowest BCUT2D eigenvalue weighted by Crippen LogP contribution is -2.29. The first-order valence-electron chi connectivity index (χ1n) is 8.17. The molecule has 11 nitrogen and oxygen atoms in total. The summed E-state index contributed by atoms with van der Waals surface area (Å²) in [5.74, 6) is 1.92. The SMILES string of the molecule is Cc1nccn1-c1cc(NCCNS(=O)(=O)c2cccc([N+](=O)[O-])c2)ncn1. The number of aromatic nitrogens is 4. The van der Waals surface area contributed by atoms with E-state index in [1.165, 1.54) is 24.5 Å². The highest BCUT2D eigenvalue weighted by Crippen LogP contribution is 2.17. The fourth-order valence-corrected chi connectivity index (χ4v) is 3.49. The fraction of sp³-hybridized carbons (Fsp3) is 0.188. The number of nitrogens with one attached hydrogen (secondary N) is 2. The van der Waals surface area contributed by atoms with Crippen LogP contribution in [0.25, 0.3) is 5.82 Å². The lowest BCUT2D eigenvalue weighted by Gasteiger charge is -2.09. The third-order valence-corrected chi connectivity index (χ3v) is 5.25. The fourth-order valence-electron chi connectivity index (χ4n) is 2.42. The van der Waals surface area contributed by atoms with Crippen molar-refractivity contribution in [1.29, 1.82) is 0 Å². The molecule has 0 atom stereocenters. The van der Waals surface area contributed by atoms with E-state index >= 15 is 0 Å². The van der Waals surface area contributed by atoms with Crippen LogP contribution < -0.4 is 10.0 Å². The van der Waals surface area contributed by atoms with Crippen molar-refractivity contribution >= 4 is 21.5 Å². The number of hydrogen-bond donors (Lipinski definition) is 2. The normalized spacial score (nSPS) is 11.3. The number of hydrogen-bond acceptors (Lipinski definition) is 8. The van der Waals surface area contributed by atoms with E-state index in [2.05, 4.69) is 25.0 Å². The third-order valence-electron chi connectivity index (χ3n) is 3.79. The molecule has 2 heterocycles. The van der Waals surface area contributed by atoms with Crippen molar-refractivity contribution in [3.8, 4) is 5.82 Å². The summed E-state index contributed by atoms with van der Waals surface area (Å²) in [5.41, 5.74) is -0.288. The molecule has 0 aliphatic heterocycles. The maximum atomic E-state index is 12.3. The van der Waals surface area contributed by atoms with Crippen molar-refractivity contribution < 1.29 is 13.3 Å². The number of nitro benzene ring substituents is 1. The number of imidazole rings is 1. The Morgan fingerprint density at radius 2 is 2.00 bits per heavy atom. The summed E-state index contributed by atoms with van der Waals surface area (Å²) < 4.78 is 28.7. The Bertz CT molecular complexity index is 1100. The van der Waals surface area contributed by atoms with Gasteiger partial charge in [-0.2, -0.15) is 0 Å². The number of aryl methyl sites for hydroxylation is 1. The second-order valence-corrected chi connectivity index (χ2v) is 7.45. The van der Waals surface area contributed by atoms with E-state index in [-0.39, 0.29) is 23.7 Å². The van der Waals surface area contributed by atoms with Crippen LogP contribution >= 0.6 is 0 Å². The molecule has 2 N–H and O–H groups in total. The van der Waals surface area contributed by atoms with E-state index in [4.69, 9.17) is 0 Å². The summed E-state index contributed by atoms with van der Waals surface area (Å²) in [6, 6.07) is 6.58. The van der Waals surface area contributed by atoms with Gasteiger partial charge in [0.25, 0.3) is 5.69 Å². The van der Waals surface area contributed by atoms with E-state index < -0.39 is 14.9 Å². The Hall–Kier alpha value is -3.38. The molecule has 12 heteroatoms. The van der Waals surface area contributed by atoms with Crippen molar-refractivity contribution in [1.82, 2.24) is 24.2 Å². The van der Waals surface area contributed by atoms with Gasteiger partial charge >= 0.3 is 0 Å². The number of benzene rings is 1. The average Bonchev–Trinajstić information content (AvgIpc) is 3.11. The average molecular weight is 403 g/mol. The van der Waals surface area contributed by atoms with Gasteiger partial charge in [0.2, 0.25) is 10.0 Å². The third kappa shape index (κ3) is 4.47. The van der Waals surface area contributed by atoms with Crippen molar-refractivity contribution in [3.63, 3.8) is 0 Å². The number of nitro groups is 1. The van der Waals surface area contributed by atoms with Crippen LogP contribution in [0.2, 0.25) is 0 Å². The van der Waals surface area contributed by atoms with Crippen molar-refractivity contribution in [2.24, 2.45) is 0 Å². The van der Waals surface area contributed by atoms with Crippen LogP contribution in [0.4, 0.5) is 11.5 Å². The van der Waals surface area contributed by atoms with Gasteiger partial charge in [-0.3, -0.25) is 14.7 Å². The highest BCUT2D eigenvalue weighted by atomic mass is 32.2. The molecule has 1 aromatic carbocycles. The highest BCUT2D eigenvalue weighted by molar-refractivity contribution is 7.89. The van der Waals surface area contributed by atoms with Gasteiger partial charge in [-0.1, -0.05) is 6.07 Å². The Labute approximate surface area is 160 Å². The largest absolute Gasteiger partial charge is 0.369 e. The molecule has 0 saturated carbocycles. The van der Waals surface area contributed by atoms with Gasteiger partial charge in [-0.15, -0.1) is 0 Å². The molecule has 2 aromatic heterocycles. The predicted molar refractivity (Wildman–Crippen MR) is 101 cm³/mol. The van der Waals surface area contributed by atoms with Gasteiger partial charge in [-0.05, 0) is 13.0 Å². The van der Waals surface area contributed by atoms with Gasteiger partial charge in [-0.25, -0.2) is 28.1 Å². The number of sulfonamides is 1. The lowest BCUT2D eigenvalue weighted by molar-refractivity contribution is -0.385. The van der Waals surface area contributed by atoms with Gasteiger partial charge in [0.15, 0.2) is 0 Å². The van der Waals surface area contributed by atoms with Crippen molar-refractivity contribution in [2.45, 2.75) is 11.8 Å². The van der Waals surface area contributed by atoms with Crippen LogP contribution in [-0.2, 0) is 10.0 Å². The smallest absolute Gasteiger partial charge is 0.270 e. The topological polar surface area (TPSA) is 145 Å². The maximum Gasteiger partial charge on any atom is 0.270 e. The first-order valence-corrected chi connectivity index (χ1v) is 9.65. The van der Waals surface area contributed by atoms with Crippen LogP contribution in [0.5, 0.6) is 0 Å². The summed E-state index contributed by atoms with van der Waals surface area (Å²) in [4.78, 5) is 22.4. The monoisotopic (exact) mass is 403 g/mol. The zero-order chi connectivity index (χ0) is 20.1. The minimum atomic E-state index is -3.86. The molecule has 0 spiro atoms. The number of non-ortho nitro benzene ring substituents is 1. The molecule has 3 aromatic rings. The summed E-state index contributed by atoms with van der Waals surface area (Å²) in [6.45, 7) is 2.17. The van der Waals surface area contributed by atoms with Crippen molar-refractivity contribution in [3.05, 3.63) is 65.0 Å². The molecule has 0 unspecified atom stereocenters. The highest BCUT2D eigenvalue weighted by Gasteiger charge is 2.17. The van der Waals surface area contributed by atoms with E-state index in [0.717, 1.165) is 11.9 Å². The summed E-state index contributed by atoms with van der Waals surface area (Å²) in [7, 11) is -3.86. The predicted octanol–water partition coefficient (Wildman–Crippen LogP) is 1.27. The zero-order valence-electron chi connectivity index (χ0n) is 14.8. The van der Waals surface area contributed by atoms with E-state index in [1.54, 1.807) is 23.0 Å². The van der Waals surface area contributed by atoms with Crippen LogP contribution in [-0.4, -0.2) is 45.9 Å². The first kappa shape index (κ1) is 19.4. The minimum absolute atomic E-state index is 0.0640. The summed E-state index contributed by atoms with van der Waals surface area (Å²) >= 11 is 0. The second-order valence-electron chi connectivity index (χ2n) is 5.68. The van der Waals surface area contributed by atoms with Crippen LogP contribution in [0.3, 0.4) is 0 Å². The molecule has 0 aliphatic rings. The van der Waals surface area contributed by atoms with Crippen LogP contribution in [0.15, 0.2) is 53.9 Å². The van der Waals surface area contributed by atoms with Crippen molar-refractivity contribution in [2.75, 3.05) is 18.4 Å². The molecular weight excluding hydrogens is 386 g/mol. The van der Waals surface area contributed by atoms with E-state index in [0.29, 0.717) is 11.6 Å². The molecule has 0 fully saturated rings. The molecule has 0 radical (unpaired) electrons. The minimum Gasteiger partial charge on any atom is -0.369 e. The summed E-state index contributed by atoms with van der Waals surface area (Å²) in [5, 5.41) is 13.8. The Morgan fingerprint density at radius 1 is 1.18 bits per heavy atom. The standard InChI is InChI=1S/C16H17N7O4S/c1-12-17-7-8-22(12)16-10-15(19-11-20-16)18-5-6-21-28(26,27)14-4-2-3-13(9-14)23(24)25/h2-4,7-11,21H,5-6H2,1H3,(H,18,19,20). The van der Waals surface area contributed by atoms with Gasteiger partial charge in [0.05, 0.1) is 9.82 Å². The van der Waals surface area contributed by atoms with Gasteiger partial charge < -0.3 is 5.32 Å². The molecule has 0 saturated heterocycles. The second kappa shape index (κ2) is 8.10. The molecule has 0 bridgehead atoms. The number of nitrogens with zero attached hydrogens (tertiary/aromatic N) is 5. The summed E-state index contributed by atoms with van der Waals surface area (Å²) in [6.07, 6.45) is 4.83. The van der Waals surface area contributed by atoms with E-state index in [1.807, 2.05) is 6.92 Å². The number of rotatable bonds is 8. The zero-order valence-corrected chi connectivity index (χ0v) is 15.6. The maximum absolute atomic E-state index is 12.3. The van der Waals surface area contributed by atoms with Crippen LogP contribution in [0, 0.1) is 17.0 Å². The quantitative estimate of drug-likeness (QED) is 0.325. The van der Waals surface area contributed by atoms with Crippen LogP contribution in [0.1, 0.15) is 5.82 Å². The molecular formula is C16H17N7O4S. The van der Waals surface area contributed by atoms with Gasteiger partial charge in [0.1, 0.15) is 23.8 Å². The first-order chi connectivity index (χ1) is 13.4. The Morgan fingerprint density at radius 3 is 2.71 bits per heavy atom. The van der Waals surface area contributed by atoms with E-state index in [9.17, 15) is 18.5 Å². The molecule has 0 amide bonds. The molecule has 0 aliphatic carbocycles. The molecule has 28 heavy (non-hydrogen) atoms. The molecule has 3 rings (SSSR count).